The first kappa shape index (κ1) is 9.07. The van der Waals surface area contributed by atoms with Gasteiger partial charge in [-0.15, -0.1) is 0 Å². The third-order valence-electron chi connectivity index (χ3n) is 1.88. The van der Waals surface area contributed by atoms with Gasteiger partial charge in [-0.05, 0) is 30.5 Å². The fraction of sp³-hybridized carbons (Fsp3) is 0.400. The maximum Gasteiger partial charge on any atom is 0.0604 e. The Balaban J connectivity index is 2.60. The van der Waals surface area contributed by atoms with Gasteiger partial charge in [0.05, 0.1) is 5.69 Å². The van der Waals surface area contributed by atoms with E-state index in [9.17, 15) is 0 Å². The highest BCUT2D eigenvalue weighted by Crippen LogP contribution is 2.11. The second kappa shape index (κ2) is 4.78. The van der Waals surface area contributed by atoms with Gasteiger partial charge in [0, 0.05) is 0 Å². The van der Waals surface area contributed by atoms with Crippen LogP contribution in [0.25, 0.3) is 0 Å². The molecule has 1 aromatic carbocycles. The van der Waals surface area contributed by atoms with Gasteiger partial charge in [0.25, 0.3) is 0 Å². The lowest BCUT2D eigenvalue weighted by molar-refractivity contribution is 0.389. The molecule has 1 aromatic rings. The van der Waals surface area contributed by atoms with Crippen LogP contribution in [0.5, 0.6) is 0 Å². The minimum absolute atomic E-state index is 0.767. The van der Waals surface area contributed by atoms with E-state index in [1.807, 2.05) is 18.2 Å². The van der Waals surface area contributed by atoms with Crippen LogP contribution < -0.4 is 5.48 Å². The van der Waals surface area contributed by atoms with Crippen molar-refractivity contribution in [1.29, 1.82) is 0 Å². The molecule has 2 heteroatoms. The first-order valence-electron chi connectivity index (χ1n) is 4.36. The first-order valence-corrected chi connectivity index (χ1v) is 4.36. The van der Waals surface area contributed by atoms with E-state index in [2.05, 4.69) is 18.5 Å². The highest BCUT2D eigenvalue weighted by atomic mass is 16.5. The molecule has 0 aliphatic heterocycles. The number of anilines is 1. The highest BCUT2D eigenvalue weighted by Gasteiger charge is 1.93. The normalized spacial score (nSPS) is 9.83. The fourth-order valence-electron chi connectivity index (χ4n) is 1.18. The SMILES string of the molecule is CCCCc1cccc(NO)c1. The lowest BCUT2D eigenvalue weighted by Gasteiger charge is -2.02. The van der Waals surface area contributed by atoms with Crippen LogP contribution in [0.15, 0.2) is 24.3 Å². The molecule has 0 spiro atoms. The fourth-order valence-corrected chi connectivity index (χ4v) is 1.18. The van der Waals surface area contributed by atoms with Gasteiger partial charge >= 0.3 is 0 Å². The van der Waals surface area contributed by atoms with Crippen molar-refractivity contribution in [2.75, 3.05) is 5.48 Å². The summed E-state index contributed by atoms with van der Waals surface area (Å²) < 4.78 is 0. The Morgan fingerprint density at radius 1 is 1.42 bits per heavy atom. The largest absolute Gasteiger partial charge is 0.291 e. The number of unbranched alkanes of at least 4 members (excludes halogenated alkanes) is 1. The van der Waals surface area contributed by atoms with Gasteiger partial charge in [-0.2, -0.15) is 0 Å². The average molecular weight is 165 g/mol. The van der Waals surface area contributed by atoms with Gasteiger partial charge in [-0.25, -0.2) is 0 Å². The zero-order valence-corrected chi connectivity index (χ0v) is 7.38. The van der Waals surface area contributed by atoms with E-state index >= 15 is 0 Å². The van der Waals surface area contributed by atoms with Gasteiger partial charge in [0.2, 0.25) is 0 Å². The van der Waals surface area contributed by atoms with Gasteiger partial charge < -0.3 is 0 Å². The Morgan fingerprint density at radius 3 is 2.92 bits per heavy atom. The molecule has 0 radical (unpaired) electrons. The van der Waals surface area contributed by atoms with E-state index in [-0.39, 0.29) is 0 Å². The van der Waals surface area contributed by atoms with E-state index in [0.29, 0.717) is 0 Å². The number of benzene rings is 1. The molecule has 0 amide bonds. The lowest BCUT2D eigenvalue weighted by atomic mass is 10.1. The number of aryl methyl sites for hydroxylation is 1. The zero-order chi connectivity index (χ0) is 8.81. The smallest absolute Gasteiger partial charge is 0.0604 e. The summed E-state index contributed by atoms with van der Waals surface area (Å²) in [6, 6.07) is 7.84. The Kier molecular flexibility index (Phi) is 3.61. The highest BCUT2D eigenvalue weighted by molar-refractivity contribution is 5.43. The molecular weight excluding hydrogens is 150 g/mol. The summed E-state index contributed by atoms with van der Waals surface area (Å²) in [5, 5.41) is 8.64. The minimum atomic E-state index is 0.767. The van der Waals surface area contributed by atoms with E-state index < -0.39 is 0 Å². The first-order chi connectivity index (χ1) is 5.86. The monoisotopic (exact) mass is 165 g/mol. The van der Waals surface area contributed by atoms with Crippen LogP contribution in [-0.4, -0.2) is 5.21 Å². The Morgan fingerprint density at radius 2 is 2.25 bits per heavy atom. The predicted octanol–water partition coefficient (Wildman–Crippen LogP) is 2.83. The number of hydrogen-bond donors (Lipinski definition) is 2. The maximum absolute atomic E-state index is 8.64. The van der Waals surface area contributed by atoms with Gasteiger partial charge in [-0.1, -0.05) is 25.5 Å². The van der Waals surface area contributed by atoms with Crippen LogP contribution in [0.2, 0.25) is 0 Å². The standard InChI is InChI=1S/C10H15NO/c1-2-3-5-9-6-4-7-10(8-9)11-12/h4,6-8,11-12H,2-3,5H2,1H3. The third-order valence-corrected chi connectivity index (χ3v) is 1.88. The molecule has 0 aromatic heterocycles. The van der Waals surface area contributed by atoms with Gasteiger partial charge in [-0.3, -0.25) is 10.7 Å². The summed E-state index contributed by atoms with van der Waals surface area (Å²) in [6.45, 7) is 2.17. The summed E-state index contributed by atoms with van der Waals surface area (Å²) in [6.07, 6.45) is 3.50. The van der Waals surface area contributed by atoms with Crippen molar-refractivity contribution in [2.24, 2.45) is 0 Å². The quantitative estimate of drug-likeness (QED) is 0.672. The molecule has 0 saturated heterocycles. The third kappa shape index (κ3) is 2.55. The molecular formula is C10H15NO. The second-order valence-electron chi connectivity index (χ2n) is 2.92. The Hall–Kier alpha value is -1.02. The molecule has 0 unspecified atom stereocenters. The van der Waals surface area contributed by atoms with Crippen LogP contribution in [0, 0.1) is 0 Å². The summed E-state index contributed by atoms with van der Waals surface area (Å²) in [7, 11) is 0. The number of hydrogen-bond acceptors (Lipinski definition) is 2. The van der Waals surface area contributed by atoms with E-state index in [4.69, 9.17) is 5.21 Å². The van der Waals surface area contributed by atoms with E-state index in [0.717, 1.165) is 12.1 Å². The lowest BCUT2D eigenvalue weighted by Crippen LogP contribution is -1.91. The molecule has 12 heavy (non-hydrogen) atoms. The summed E-state index contributed by atoms with van der Waals surface area (Å²) in [4.78, 5) is 0. The molecule has 66 valence electrons. The molecule has 0 aliphatic carbocycles. The van der Waals surface area contributed by atoms with Crippen molar-refractivity contribution in [1.82, 2.24) is 0 Å². The molecule has 0 saturated carbocycles. The van der Waals surface area contributed by atoms with Crippen molar-refractivity contribution in [2.45, 2.75) is 26.2 Å². The van der Waals surface area contributed by atoms with Crippen LogP contribution in [0.1, 0.15) is 25.3 Å². The van der Waals surface area contributed by atoms with Crippen LogP contribution >= 0.6 is 0 Å². The average Bonchev–Trinajstić information content (AvgIpc) is 2.15. The van der Waals surface area contributed by atoms with E-state index in [1.165, 1.54) is 18.4 Å². The summed E-state index contributed by atoms with van der Waals surface area (Å²) in [5.74, 6) is 0. The minimum Gasteiger partial charge on any atom is -0.291 e. The van der Waals surface area contributed by atoms with Crippen LogP contribution in [-0.2, 0) is 6.42 Å². The Labute approximate surface area is 73.2 Å². The molecule has 0 bridgehead atoms. The van der Waals surface area contributed by atoms with Crippen molar-refractivity contribution >= 4 is 5.69 Å². The van der Waals surface area contributed by atoms with Gasteiger partial charge in [0.1, 0.15) is 0 Å². The van der Waals surface area contributed by atoms with Crippen molar-refractivity contribution in [3.8, 4) is 0 Å². The molecule has 2 N–H and O–H groups in total. The van der Waals surface area contributed by atoms with Crippen molar-refractivity contribution in [3.05, 3.63) is 29.8 Å². The molecule has 0 atom stereocenters. The molecule has 2 nitrogen and oxygen atoms in total. The summed E-state index contributed by atoms with van der Waals surface area (Å²) in [5.41, 5.74) is 4.18. The van der Waals surface area contributed by atoms with Gasteiger partial charge in [0.15, 0.2) is 0 Å². The molecule has 0 heterocycles. The predicted molar refractivity (Wildman–Crippen MR) is 50.5 cm³/mol. The second-order valence-corrected chi connectivity index (χ2v) is 2.92. The number of rotatable bonds is 4. The number of nitrogens with one attached hydrogen (secondary N) is 1. The topological polar surface area (TPSA) is 32.3 Å². The molecule has 1 rings (SSSR count). The summed E-state index contributed by atoms with van der Waals surface area (Å²) >= 11 is 0. The molecule has 0 fully saturated rings. The van der Waals surface area contributed by atoms with Crippen LogP contribution in [0.4, 0.5) is 5.69 Å². The van der Waals surface area contributed by atoms with E-state index in [1.54, 1.807) is 0 Å². The van der Waals surface area contributed by atoms with Crippen molar-refractivity contribution in [3.63, 3.8) is 0 Å². The van der Waals surface area contributed by atoms with Crippen LogP contribution in [0.3, 0.4) is 0 Å². The zero-order valence-electron chi connectivity index (χ0n) is 7.38. The Bertz CT molecular complexity index is 235. The van der Waals surface area contributed by atoms with Crippen molar-refractivity contribution < 1.29 is 5.21 Å². The molecule has 0 aliphatic rings. The maximum atomic E-state index is 8.64.